The summed E-state index contributed by atoms with van der Waals surface area (Å²) in [6.45, 7) is 3.08. The molecule has 4 atom stereocenters. The van der Waals surface area contributed by atoms with E-state index in [1.807, 2.05) is 18.2 Å². The van der Waals surface area contributed by atoms with Gasteiger partial charge in [-0.15, -0.1) is 11.8 Å². The van der Waals surface area contributed by atoms with E-state index < -0.39 is 62.4 Å². The molecule has 0 aliphatic carbocycles. The third kappa shape index (κ3) is 38.9. The summed E-state index contributed by atoms with van der Waals surface area (Å²) in [5.74, 6) is -2.44. The van der Waals surface area contributed by atoms with Crippen LogP contribution in [0.1, 0.15) is 129 Å². The van der Waals surface area contributed by atoms with Crippen molar-refractivity contribution in [3.63, 3.8) is 0 Å². The molecule has 0 fully saturated rings. The fraction of sp³-hybridized carbons (Fsp3) is 0.587. The first-order valence-corrected chi connectivity index (χ1v) is 24.1. The number of allylic oxidation sites excluding steroid dienone is 15. The van der Waals surface area contributed by atoms with Crippen LogP contribution in [0, 0.1) is 0 Å². The van der Waals surface area contributed by atoms with E-state index in [4.69, 9.17) is 20.3 Å². The zero-order valence-electron chi connectivity index (χ0n) is 36.0. The number of carbonyl (C=O) groups excluding carboxylic acids is 2. The van der Waals surface area contributed by atoms with Crippen molar-refractivity contribution in [2.75, 3.05) is 19.0 Å². The molecule has 6 N–H and O–H groups in total. The van der Waals surface area contributed by atoms with Gasteiger partial charge in [-0.3, -0.25) is 18.9 Å². The van der Waals surface area contributed by atoms with Crippen LogP contribution in [0.2, 0.25) is 0 Å². The first kappa shape index (κ1) is 56.7. The van der Waals surface area contributed by atoms with Crippen molar-refractivity contribution >= 4 is 37.5 Å². The van der Waals surface area contributed by atoms with E-state index in [9.17, 15) is 33.8 Å². The number of hydrogen-bond acceptors (Lipinski definition) is 10. The van der Waals surface area contributed by atoms with Crippen LogP contribution in [-0.4, -0.2) is 80.4 Å². The van der Waals surface area contributed by atoms with E-state index >= 15 is 0 Å². The number of ether oxygens (including phenoxy) is 2. The maximum atomic E-state index is 12.9. The number of carbonyl (C=O) groups is 3. The third-order valence-corrected chi connectivity index (χ3v) is 10.5. The highest BCUT2D eigenvalue weighted by atomic mass is 32.2. The molecule has 0 saturated carbocycles. The molecule has 0 aliphatic heterocycles. The van der Waals surface area contributed by atoms with Crippen LogP contribution in [0.4, 0.5) is 0 Å². The number of aliphatic hydroxyl groups is 1. The molecule has 0 aromatic heterocycles. The molecule has 0 rings (SSSR count). The topological polar surface area (TPSA) is 203 Å². The highest BCUT2D eigenvalue weighted by molar-refractivity contribution is 8.00. The molecule has 0 amide bonds. The molecule has 0 spiro atoms. The lowest BCUT2D eigenvalue weighted by molar-refractivity contribution is -0.161. The highest BCUT2D eigenvalue weighted by Crippen LogP contribution is 2.36. The first-order chi connectivity index (χ1) is 28.9. The van der Waals surface area contributed by atoms with Crippen LogP contribution < -0.4 is 5.73 Å². The Bertz CT molecular complexity index is 1420. The van der Waals surface area contributed by atoms with Gasteiger partial charge in [-0.25, -0.2) is 4.57 Å². The van der Waals surface area contributed by atoms with Gasteiger partial charge in [0.05, 0.1) is 12.7 Å². The summed E-state index contributed by atoms with van der Waals surface area (Å²) >= 11 is 1.17. The van der Waals surface area contributed by atoms with Gasteiger partial charge in [0.1, 0.15) is 12.6 Å². The summed E-state index contributed by atoms with van der Waals surface area (Å²) in [6.07, 6.45) is 44.6. The van der Waals surface area contributed by atoms with E-state index in [1.54, 1.807) is 18.2 Å². The van der Waals surface area contributed by atoms with Gasteiger partial charge < -0.3 is 35.2 Å². The molecule has 14 heteroatoms. The lowest BCUT2D eigenvalue weighted by Crippen LogP contribution is -2.40. The van der Waals surface area contributed by atoms with E-state index in [0.29, 0.717) is 6.42 Å². The fourth-order valence-electron chi connectivity index (χ4n) is 5.26. The highest BCUT2D eigenvalue weighted by Gasteiger charge is 2.27. The molecular formula is C46H74NO11PS. The van der Waals surface area contributed by atoms with Gasteiger partial charge >= 0.3 is 25.7 Å². The summed E-state index contributed by atoms with van der Waals surface area (Å²) in [5, 5.41) is 19.3. The lowest BCUT2D eigenvalue weighted by atomic mass is 10.1. The Balaban J connectivity index is 4.90. The van der Waals surface area contributed by atoms with E-state index in [2.05, 4.69) is 79.1 Å². The van der Waals surface area contributed by atoms with Gasteiger partial charge in [-0.1, -0.05) is 137 Å². The molecule has 0 saturated heterocycles. The van der Waals surface area contributed by atoms with Gasteiger partial charge in [0.15, 0.2) is 6.10 Å². The molecule has 0 aromatic rings. The van der Waals surface area contributed by atoms with Gasteiger partial charge in [-0.2, -0.15) is 0 Å². The largest absolute Gasteiger partial charge is 0.481 e. The van der Waals surface area contributed by atoms with E-state index in [0.717, 1.165) is 64.2 Å². The standard InChI is InChI=1S/C46H74NO11PS/c1-3-5-7-9-11-13-15-17-18-19-20-21-23-25-27-29-31-36-45(51)56-37-40(38-57-59(53,54)55)58-46(52)41(47)39-60-43(42(48)33-32-35-44(49)50)34-30-28-26-24-22-16-14-12-10-8-6-4-2/h5,7,11-14,17-18,20-22,24,26,28,30,34,40-43,48H,3-4,6,8-10,15-16,19,23,25,27,29,31-33,35-39,47H2,1-2H3,(H,49,50)(H2,53,54,55)/b7-5-,13-11-,14-12-,18-17-,21-20-,24-22-,28-26+,34-30+/t40-,41+,42+,43-/m1/s1. The molecule has 0 radical (unpaired) electrons. The SMILES string of the molecule is CC/C=C\C/C=C\C/C=C\C/C=C\CCCCCCC(=O)OC[C@H](COP(=O)(O)O)OC(=O)[C@@H](N)CS[C@H](/C=C/C=C/C=C\C/C=C\CCCCC)[C@@H](O)CCCC(=O)O. The number of phosphoric ester groups is 1. The number of aliphatic hydroxyl groups excluding tert-OH is 1. The summed E-state index contributed by atoms with van der Waals surface area (Å²) in [7, 11) is -4.93. The van der Waals surface area contributed by atoms with Crippen LogP contribution in [0.25, 0.3) is 0 Å². The molecule has 0 aliphatic rings. The van der Waals surface area contributed by atoms with Crippen LogP contribution in [0.15, 0.2) is 97.2 Å². The van der Waals surface area contributed by atoms with Crippen molar-refractivity contribution < 1.29 is 52.9 Å². The Morgan fingerprint density at radius 1 is 0.700 bits per heavy atom. The van der Waals surface area contributed by atoms with Gasteiger partial charge in [-0.05, 0) is 77.0 Å². The third-order valence-electron chi connectivity index (χ3n) is 8.59. The first-order valence-electron chi connectivity index (χ1n) is 21.5. The average Bonchev–Trinajstić information content (AvgIpc) is 3.20. The molecular weight excluding hydrogens is 806 g/mol. The number of carboxylic acids is 1. The number of unbranched alkanes of at least 4 members (excludes halogenated alkanes) is 7. The molecule has 0 bridgehead atoms. The number of nitrogens with two attached hydrogens (primary N) is 1. The number of esters is 2. The Labute approximate surface area is 364 Å². The summed E-state index contributed by atoms with van der Waals surface area (Å²) in [6, 6.07) is -1.21. The average molecular weight is 880 g/mol. The summed E-state index contributed by atoms with van der Waals surface area (Å²) < 4.78 is 26.5. The number of thioether (sulfide) groups is 1. The van der Waals surface area contributed by atoms with E-state index in [-0.39, 0.29) is 31.4 Å². The maximum absolute atomic E-state index is 12.9. The van der Waals surface area contributed by atoms with Crippen molar-refractivity contribution in [3.8, 4) is 0 Å². The van der Waals surface area contributed by atoms with Crippen molar-refractivity contribution in [2.45, 2.75) is 153 Å². The summed E-state index contributed by atoms with van der Waals surface area (Å²) in [5.41, 5.74) is 6.12. The van der Waals surface area contributed by atoms with Crippen LogP contribution in [-0.2, 0) is 32.9 Å². The lowest BCUT2D eigenvalue weighted by Gasteiger charge is -2.23. The molecule has 60 heavy (non-hydrogen) atoms. The molecule has 0 unspecified atom stereocenters. The number of rotatable bonds is 38. The number of phosphoric acid groups is 1. The predicted octanol–water partition coefficient (Wildman–Crippen LogP) is 9.94. The van der Waals surface area contributed by atoms with Crippen LogP contribution in [0.3, 0.4) is 0 Å². The second-order valence-corrected chi connectivity index (χ2v) is 16.6. The van der Waals surface area contributed by atoms with Crippen molar-refractivity contribution in [1.29, 1.82) is 0 Å². The maximum Gasteiger partial charge on any atom is 0.469 e. The monoisotopic (exact) mass is 879 g/mol. The number of hydrogen-bond donors (Lipinski definition) is 5. The zero-order valence-corrected chi connectivity index (χ0v) is 37.7. The Morgan fingerprint density at radius 2 is 1.28 bits per heavy atom. The number of aliphatic carboxylic acids is 1. The van der Waals surface area contributed by atoms with Gasteiger partial charge in [0, 0.05) is 23.8 Å². The van der Waals surface area contributed by atoms with Crippen molar-refractivity contribution in [2.24, 2.45) is 5.73 Å². The number of carboxylic acid groups (broad SMARTS) is 1. The van der Waals surface area contributed by atoms with Crippen molar-refractivity contribution in [3.05, 3.63) is 97.2 Å². The Hall–Kier alpha value is -3.29. The Morgan fingerprint density at radius 3 is 1.90 bits per heavy atom. The normalized spacial score (nSPS) is 14.9. The quantitative estimate of drug-likeness (QED) is 0.0129. The predicted molar refractivity (Wildman–Crippen MR) is 244 cm³/mol. The zero-order chi connectivity index (χ0) is 44.5. The molecule has 0 aromatic carbocycles. The van der Waals surface area contributed by atoms with Crippen LogP contribution in [0.5, 0.6) is 0 Å². The van der Waals surface area contributed by atoms with E-state index in [1.165, 1.54) is 31.0 Å². The van der Waals surface area contributed by atoms with Gasteiger partial charge in [0.25, 0.3) is 0 Å². The minimum atomic E-state index is -4.93. The minimum absolute atomic E-state index is 0.00776. The molecule has 12 nitrogen and oxygen atoms in total. The minimum Gasteiger partial charge on any atom is -0.481 e. The van der Waals surface area contributed by atoms with Gasteiger partial charge in [0.2, 0.25) is 0 Å². The Kier molecular flexibility index (Phi) is 37.6. The smallest absolute Gasteiger partial charge is 0.469 e. The van der Waals surface area contributed by atoms with Crippen LogP contribution >= 0.6 is 19.6 Å². The second-order valence-electron chi connectivity index (χ2n) is 14.1. The molecule has 340 valence electrons. The van der Waals surface area contributed by atoms with Crippen molar-refractivity contribution in [1.82, 2.24) is 0 Å². The molecule has 0 heterocycles. The second kappa shape index (κ2) is 39.8. The summed E-state index contributed by atoms with van der Waals surface area (Å²) in [4.78, 5) is 54.8. The fourth-order valence-corrected chi connectivity index (χ4v) is 6.74.